The van der Waals surface area contributed by atoms with Crippen molar-refractivity contribution in [1.82, 2.24) is 4.90 Å². The van der Waals surface area contributed by atoms with Gasteiger partial charge >= 0.3 is 0 Å². The second kappa shape index (κ2) is 7.38. The van der Waals surface area contributed by atoms with E-state index in [1.807, 2.05) is 6.07 Å². The number of nitrogens with zero attached hydrogens (tertiary/aromatic N) is 1. The fraction of sp³-hybridized carbons (Fsp3) is 0.316. The number of benzene rings is 2. The van der Waals surface area contributed by atoms with E-state index in [-0.39, 0.29) is 11.5 Å². The molecule has 1 saturated heterocycles. The zero-order valence-electron chi connectivity index (χ0n) is 13.0. The van der Waals surface area contributed by atoms with Crippen molar-refractivity contribution in [3.05, 3.63) is 65.5 Å². The van der Waals surface area contributed by atoms with E-state index in [0.29, 0.717) is 17.7 Å². The third-order valence-corrected chi connectivity index (χ3v) is 4.09. The maximum absolute atomic E-state index is 14.1. The molecule has 2 aromatic rings. The first-order valence-corrected chi connectivity index (χ1v) is 7.98. The van der Waals surface area contributed by atoms with Gasteiger partial charge in [0.2, 0.25) is 0 Å². The number of hydrogen-bond acceptors (Lipinski definition) is 3. The molecule has 3 rings (SSSR count). The molecule has 1 fully saturated rings. The van der Waals surface area contributed by atoms with Gasteiger partial charge in [-0.05, 0) is 44.1 Å². The first-order chi connectivity index (χ1) is 11.2. The summed E-state index contributed by atoms with van der Waals surface area (Å²) < 4.78 is 19.6. The van der Waals surface area contributed by atoms with Crippen molar-refractivity contribution in [2.24, 2.45) is 0 Å². The molecule has 0 spiro atoms. The minimum atomic E-state index is -0.492. The normalized spacial score (nSPS) is 14.8. The van der Waals surface area contributed by atoms with Gasteiger partial charge in [0.05, 0.1) is 0 Å². The van der Waals surface area contributed by atoms with Gasteiger partial charge in [-0.25, -0.2) is 4.39 Å². The highest BCUT2D eigenvalue weighted by Crippen LogP contribution is 2.20. The van der Waals surface area contributed by atoms with Crippen LogP contribution in [-0.4, -0.2) is 36.9 Å². The van der Waals surface area contributed by atoms with Gasteiger partial charge in [0.15, 0.2) is 17.3 Å². The highest BCUT2D eigenvalue weighted by molar-refractivity contribution is 6.09. The number of carbonyl (C=O) groups excluding carboxylic acids is 1. The van der Waals surface area contributed by atoms with Gasteiger partial charge in [-0.3, -0.25) is 9.69 Å². The predicted octanol–water partition coefficient (Wildman–Crippen LogP) is 3.53. The summed E-state index contributed by atoms with van der Waals surface area (Å²) in [7, 11) is 0. The Kier molecular flexibility index (Phi) is 5.03. The smallest absolute Gasteiger partial charge is 0.193 e. The largest absolute Gasteiger partial charge is 0.489 e. The van der Waals surface area contributed by atoms with Crippen molar-refractivity contribution in [1.29, 1.82) is 0 Å². The van der Waals surface area contributed by atoms with Crippen LogP contribution in [0, 0.1) is 5.82 Å². The molecule has 3 nitrogen and oxygen atoms in total. The summed E-state index contributed by atoms with van der Waals surface area (Å²) in [5.41, 5.74) is 0.884. The molecule has 0 N–H and O–H groups in total. The quantitative estimate of drug-likeness (QED) is 0.764. The zero-order valence-corrected chi connectivity index (χ0v) is 13.0. The summed E-state index contributed by atoms with van der Waals surface area (Å²) in [4.78, 5) is 14.6. The molecule has 120 valence electrons. The lowest BCUT2D eigenvalue weighted by Crippen LogP contribution is -2.25. The maximum atomic E-state index is 14.1. The summed E-state index contributed by atoms with van der Waals surface area (Å²) in [6.07, 6.45) is 2.45. The van der Waals surface area contributed by atoms with E-state index in [0.717, 1.165) is 19.6 Å². The zero-order chi connectivity index (χ0) is 16.1. The molecule has 1 heterocycles. The average molecular weight is 313 g/mol. The number of halogens is 1. The molecule has 0 aromatic heterocycles. The third kappa shape index (κ3) is 3.96. The van der Waals surface area contributed by atoms with Gasteiger partial charge in [-0.1, -0.05) is 30.3 Å². The van der Waals surface area contributed by atoms with Gasteiger partial charge in [-0.15, -0.1) is 0 Å². The van der Waals surface area contributed by atoms with Crippen LogP contribution in [0.1, 0.15) is 28.8 Å². The monoisotopic (exact) mass is 313 g/mol. The summed E-state index contributed by atoms with van der Waals surface area (Å²) in [5.74, 6) is -0.477. The van der Waals surface area contributed by atoms with Crippen molar-refractivity contribution < 1.29 is 13.9 Å². The van der Waals surface area contributed by atoms with E-state index in [4.69, 9.17) is 4.74 Å². The maximum Gasteiger partial charge on any atom is 0.193 e. The molecule has 23 heavy (non-hydrogen) atoms. The molecular weight excluding hydrogens is 293 g/mol. The number of carbonyl (C=O) groups is 1. The van der Waals surface area contributed by atoms with E-state index < -0.39 is 5.82 Å². The number of ketones is 1. The second-order valence-corrected chi connectivity index (χ2v) is 5.74. The Bertz CT molecular complexity index is 666. The highest BCUT2D eigenvalue weighted by atomic mass is 19.1. The van der Waals surface area contributed by atoms with Crippen LogP contribution >= 0.6 is 0 Å². The molecule has 0 saturated carbocycles. The summed E-state index contributed by atoms with van der Waals surface area (Å²) in [6.45, 7) is 3.46. The van der Waals surface area contributed by atoms with Gasteiger partial charge in [-0.2, -0.15) is 0 Å². The lowest BCUT2D eigenvalue weighted by molar-refractivity contribution is 0.103. The fourth-order valence-corrected chi connectivity index (χ4v) is 2.81. The standard InChI is InChI=1S/C19H20FNO2/c20-17-14-16(19(22)15-6-2-1-3-7-15)8-9-18(17)23-13-12-21-10-4-5-11-21/h1-3,6-9,14H,4-5,10-13H2. The lowest BCUT2D eigenvalue weighted by atomic mass is 10.0. The minimum Gasteiger partial charge on any atom is -0.489 e. The number of rotatable bonds is 6. The van der Waals surface area contributed by atoms with Crippen LogP contribution in [0.25, 0.3) is 0 Å². The van der Waals surface area contributed by atoms with Crippen LogP contribution in [0.2, 0.25) is 0 Å². The Hall–Kier alpha value is -2.20. The molecule has 0 bridgehead atoms. The molecular formula is C19H20FNO2. The molecule has 0 amide bonds. The molecule has 1 aliphatic heterocycles. The lowest BCUT2D eigenvalue weighted by Gasteiger charge is -2.15. The summed E-state index contributed by atoms with van der Waals surface area (Å²) >= 11 is 0. The number of hydrogen-bond donors (Lipinski definition) is 0. The van der Waals surface area contributed by atoms with E-state index in [1.165, 1.54) is 25.0 Å². The first-order valence-electron chi connectivity index (χ1n) is 7.98. The van der Waals surface area contributed by atoms with Crippen molar-refractivity contribution in [2.45, 2.75) is 12.8 Å². The molecule has 4 heteroatoms. The molecule has 0 unspecified atom stereocenters. The predicted molar refractivity (Wildman–Crippen MR) is 87.4 cm³/mol. The van der Waals surface area contributed by atoms with Crippen molar-refractivity contribution in [2.75, 3.05) is 26.2 Å². The molecule has 0 radical (unpaired) electrons. The van der Waals surface area contributed by atoms with Crippen molar-refractivity contribution in [3.8, 4) is 5.75 Å². The molecule has 0 atom stereocenters. The SMILES string of the molecule is O=C(c1ccccc1)c1ccc(OCCN2CCCC2)c(F)c1. The Labute approximate surface area is 135 Å². The number of likely N-dealkylation sites (tertiary alicyclic amines) is 1. The Morgan fingerprint density at radius 1 is 1.04 bits per heavy atom. The fourth-order valence-electron chi connectivity index (χ4n) is 2.81. The van der Waals surface area contributed by atoms with Gasteiger partial charge in [0.1, 0.15) is 6.61 Å². The van der Waals surface area contributed by atoms with Gasteiger partial charge < -0.3 is 4.74 Å². The van der Waals surface area contributed by atoms with E-state index >= 15 is 0 Å². The van der Waals surface area contributed by atoms with E-state index in [1.54, 1.807) is 30.3 Å². The van der Waals surface area contributed by atoms with E-state index in [2.05, 4.69) is 4.90 Å². The van der Waals surface area contributed by atoms with Crippen LogP contribution in [0.4, 0.5) is 4.39 Å². The van der Waals surface area contributed by atoms with Crippen LogP contribution in [0.5, 0.6) is 5.75 Å². The Balaban J connectivity index is 1.62. The summed E-state index contributed by atoms with van der Waals surface area (Å²) in [6, 6.07) is 13.3. The average Bonchev–Trinajstić information content (AvgIpc) is 3.10. The molecule has 0 aliphatic carbocycles. The topological polar surface area (TPSA) is 29.5 Å². The second-order valence-electron chi connectivity index (χ2n) is 5.74. The Morgan fingerprint density at radius 2 is 1.78 bits per heavy atom. The van der Waals surface area contributed by atoms with E-state index in [9.17, 15) is 9.18 Å². The number of ether oxygens (including phenoxy) is 1. The summed E-state index contributed by atoms with van der Waals surface area (Å²) in [5, 5.41) is 0. The van der Waals surface area contributed by atoms with Crippen LogP contribution < -0.4 is 4.74 Å². The van der Waals surface area contributed by atoms with Crippen LogP contribution in [-0.2, 0) is 0 Å². The molecule has 2 aromatic carbocycles. The minimum absolute atomic E-state index is 0.187. The van der Waals surface area contributed by atoms with Crippen molar-refractivity contribution in [3.63, 3.8) is 0 Å². The van der Waals surface area contributed by atoms with Gasteiger partial charge in [0, 0.05) is 17.7 Å². The van der Waals surface area contributed by atoms with Crippen LogP contribution in [0.15, 0.2) is 48.5 Å². The van der Waals surface area contributed by atoms with Crippen LogP contribution in [0.3, 0.4) is 0 Å². The highest BCUT2D eigenvalue weighted by Gasteiger charge is 2.14. The van der Waals surface area contributed by atoms with Gasteiger partial charge in [0.25, 0.3) is 0 Å². The van der Waals surface area contributed by atoms with Crippen molar-refractivity contribution >= 4 is 5.78 Å². The third-order valence-electron chi connectivity index (χ3n) is 4.09. The first kappa shape index (κ1) is 15.7. The Morgan fingerprint density at radius 3 is 2.48 bits per heavy atom. The molecule has 1 aliphatic rings.